The van der Waals surface area contributed by atoms with Crippen LogP contribution in [0.1, 0.15) is 85.6 Å². The fourth-order valence-electron chi connectivity index (χ4n) is 6.34. The van der Waals surface area contributed by atoms with E-state index < -0.39 is 121 Å². The normalized spacial score (nSPS) is 17.4. The van der Waals surface area contributed by atoms with Crippen LogP contribution in [0.25, 0.3) is 0 Å². The molecule has 1 aromatic carbocycles. The molecule has 0 bridgehead atoms. The van der Waals surface area contributed by atoms with Crippen LogP contribution in [-0.2, 0) is 49.7 Å². The van der Waals surface area contributed by atoms with Gasteiger partial charge in [0.1, 0.15) is 30.2 Å². The number of carboxylic acids is 2. The molecule has 2 rings (SSSR count). The molecule has 21 heteroatoms. The first-order valence-corrected chi connectivity index (χ1v) is 19.4. The highest BCUT2D eigenvalue weighted by Gasteiger charge is 2.45. The van der Waals surface area contributed by atoms with E-state index in [0.717, 1.165) is 17.5 Å². The summed E-state index contributed by atoms with van der Waals surface area (Å²) in [5.41, 5.74) is 8.77. The van der Waals surface area contributed by atoms with Crippen molar-refractivity contribution >= 4 is 53.4 Å². The van der Waals surface area contributed by atoms with Crippen molar-refractivity contribution in [2.75, 3.05) is 13.1 Å². The number of amides is 8. The molecule has 1 fully saturated rings. The average molecular weight is 835 g/mol. The van der Waals surface area contributed by atoms with Gasteiger partial charge in [0.05, 0.1) is 19.1 Å². The number of nitrogens with two attached hydrogens (primary N) is 1. The van der Waals surface area contributed by atoms with Crippen molar-refractivity contribution in [1.29, 1.82) is 0 Å². The molecule has 59 heavy (non-hydrogen) atoms. The summed E-state index contributed by atoms with van der Waals surface area (Å²) in [6.45, 7) is 9.37. The molecule has 9 N–H and O–H groups in total. The second kappa shape index (κ2) is 23.5. The van der Waals surface area contributed by atoms with E-state index in [4.69, 9.17) is 10.5 Å². The maximum Gasteiger partial charge on any atom is 0.333 e. The Balaban J connectivity index is 2.45. The number of nitrogens with zero attached hydrogens (tertiary/aromatic N) is 3. The molecule has 0 unspecified atom stereocenters. The Morgan fingerprint density at radius 1 is 0.915 bits per heavy atom. The summed E-state index contributed by atoms with van der Waals surface area (Å²) in [4.78, 5) is 117. The Morgan fingerprint density at radius 3 is 2.08 bits per heavy atom. The summed E-state index contributed by atoms with van der Waals surface area (Å²) < 4.78 is 6.09. The third-order valence-electron chi connectivity index (χ3n) is 9.64. The van der Waals surface area contributed by atoms with Crippen LogP contribution < -0.4 is 27.1 Å². The summed E-state index contributed by atoms with van der Waals surface area (Å²) in [6.07, 6.45) is -2.17. The first kappa shape index (κ1) is 49.3. The van der Waals surface area contributed by atoms with Crippen LogP contribution in [0.2, 0.25) is 0 Å². The molecule has 1 heterocycles. The van der Waals surface area contributed by atoms with Crippen LogP contribution in [0.15, 0.2) is 30.3 Å². The molecule has 7 atom stereocenters. The van der Waals surface area contributed by atoms with Gasteiger partial charge in [-0.1, -0.05) is 71.4 Å². The van der Waals surface area contributed by atoms with Crippen molar-refractivity contribution < 1.29 is 63.3 Å². The van der Waals surface area contributed by atoms with Crippen molar-refractivity contribution in [1.82, 2.24) is 36.3 Å². The summed E-state index contributed by atoms with van der Waals surface area (Å²) >= 11 is 0. The largest absolute Gasteiger partial charge is 0.481 e. The molecule has 0 radical (unpaired) electrons. The van der Waals surface area contributed by atoms with Crippen LogP contribution in [0.4, 0.5) is 4.79 Å². The number of nitrogens with one attached hydrogen (secondary N) is 4. The minimum atomic E-state index is -1.81. The molecule has 8 amide bonds. The number of hydrogen-bond donors (Lipinski definition) is 8. The Bertz CT molecular complexity index is 1650. The highest BCUT2D eigenvalue weighted by molar-refractivity contribution is 5.97. The average Bonchev–Trinajstić information content (AvgIpc) is 3.61. The van der Waals surface area contributed by atoms with Crippen LogP contribution in [-0.4, -0.2) is 133 Å². The Morgan fingerprint density at radius 2 is 1.56 bits per heavy atom. The molecule has 0 aromatic heterocycles. The molecular formula is C38H58N8O13. The van der Waals surface area contributed by atoms with E-state index in [1.54, 1.807) is 27.7 Å². The van der Waals surface area contributed by atoms with E-state index >= 15 is 0 Å². The van der Waals surface area contributed by atoms with Crippen molar-refractivity contribution in [2.45, 2.75) is 123 Å². The highest BCUT2D eigenvalue weighted by atomic mass is 16.5. The topological polar surface area (TPSA) is 307 Å². The van der Waals surface area contributed by atoms with Crippen molar-refractivity contribution in [3.05, 3.63) is 35.9 Å². The fourth-order valence-corrected chi connectivity index (χ4v) is 6.34. The van der Waals surface area contributed by atoms with Crippen LogP contribution >= 0.6 is 0 Å². The van der Waals surface area contributed by atoms with E-state index in [2.05, 4.69) is 21.4 Å². The Labute approximate surface area is 342 Å². The Kier molecular flexibility index (Phi) is 19.7. The van der Waals surface area contributed by atoms with E-state index in [1.165, 1.54) is 11.8 Å². The lowest BCUT2D eigenvalue weighted by Gasteiger charge is -2.35. The van der Waals surface area contributed by atoms with Gasteiger partial charge in [-0.3, -0.25) is 49.0 Å². The van der Waals surface area contributed by atoms with Gasteiger partial charge in [-0.15, -0.1) is 0 Å². The molecule has 0 saturated carbocycles. The number of rotatable bonds is 22. The predicted octanol–water partition coefficient (Wildman–Crippen LogP) is 0.0969. The predicted molar refractivity (Wildman–Crippen MR) is 207 cm³/mol. The van der Waals surface area contributed by atoms with E-state index in [-0.39, 0.29) is 37.6 Å². The number of hydrogen-bond acceptors (Lipinski definition) is 11. The zero-order valence-electron chi connectivity index (χ0n) is 34.2. The minimum absolute atomic E-state index is 0.0228. The van der Waals surface area contributed by atoms with E-state index in [1.807, 2.05) is 30.3 Å². The lowest BCUT2D eigenvalue weighted by molar-refractivity contribution is -0.187. The zero-order chi connectivity index (χ0) is 44.6. The Hall–Kier alpha value is -5.83. The number of likely N-dealkylation sites (tertiary alicyclic amines) is 1. The number of hydrazine groups is 1. The van der Waals surface area contributed by atoms with Gasteiger partial charge in [-0.05, 0) is 30.2 Å². The number of urea groups is 1. The first-order valence-electron chi connectivity index (χ1n) is 19.4. The molecule has 0 aliphatic carbocycles. The van der Waals surface area contributed by atoms with Gasteiger partial charge in [0.2, 0.25) is 23.6 Å². The van der Waals surface area contributed by atoms with Crippen LogP contribution in [0, 0.1) is 11.8 Å². The van der Waals surface area contributed by atoms with Gasteiger partial charge >= 0.3 is 18.0 Å². The maximum absolute atomic E-state index is 14.4. The van der Waals surface area contributed by atoms with Gasteiger partial charge in [-0.25, -0.2) is 14.9 Å². The molecule has 1 saturated heterocycles. The van der Waals surface area contributed by atoms with E-state index in [0.29, 0.717) is 6.42 Å². The number of carboxylic acid groups (broad SMARTS) is 2. The van der Waals surface area contributed by atoms with Crippen LogP contribution in [0.3, 0.4) is 0 Å². The second-order valence-corrected chi connectivity index (χ2v) is 14.7. The van der Waals surface area contributed by atoms with Crippen molar-refractivity contribution in [3.63, 3.8) is 0 Å². The summed E-state index contributed by atoms with van der Waals surface area (Å²) in [5.74, 6) is -10.0. The monoisotopic (exact) mass is 834 g/mol. The SMILES string of the molecule is CCCN(NC(=O)[C@@H]1C[C@@H](OCc2ccccc2)CN1C(=O)[C@@H](NC(=O)[C@H]([C@@H](C)CC)N(O)C(=O)[C@@H](CCC(=O)O)NC(=O)[C@H](CC(=O)O)NC(C)=O)C(C)C)C(N)=O. The lowest BCUT2D eigenvalue weighted by Crippen LogP contribution is -2.62. The zero-order valence-corrected chi connectivity index (χ0v) is 34.2. The number of ether oxygens (including phenoxy) is 1. The highest BCUT2D eigenvalue weighted by Crippen LogP contribution is 2.25. The van der Waals surface area contributed by atoms with Crippen molar-refractivity contribution in [2.24, 2.45) is 17.6 Å². The van der Waals surface area contributed by atoms with Gasteiger partial charge < -0.3 is 41.5 Å². The van der Waals surface area contributed by atoms with Gasteiger partial charge in [0.25, 0.3) is 11.8 Å². The number of carbonyl (C=O) groups is 9. The molecule has 21 nitrogen and oxygen atoms in total. The molecule has 0 spiro atoms. The lowest BCUT2D eigenvalue weighted by atomic mass is 9.95. The van der Waals surface area contributed by atoms with Crippen LogP contribution in [0.5, 0.6) is 0 Å². The smallest absolute Gasteiger partial charge is 0.333 e. The van der Waals surface area contributed by atoms with Gasteiger partial charge in [0.15, 0.2) is 0 Å². The number of hydroxylamine groups is 2. The van der Waals surface area contributed by atoms with Crippen molar-refractivity contribution in [3.8, 4) is 0 Å². The third-order valence-corrected chi connectivity index (χ3v) is 9.64. The molecule has 1 aliphatic rings. The number of carbonyl (C=O) groups excluding carboxylic acids is 7. The maximum atomic E-state index is 14.4. The fraction of sp³-hybridized carbons (Fsp3) is 0.605. The standard InChI is InChI=1S/C38H58N8O13/c1-7-16-45(38(39)57)43-34(53)28-17-25(59-20-24-12-10-9-11-13-24)19-44(28)37(56)31(21(3)4)42-35(54)32(22(5)8-2)46(58)36(55)26(14-15-29(48)49)41-33(52)27(18-30(50)51)40-23(6)47/h9-13,21-22,25-28,31-32,58H,7-8,14-20H2,1-6H3,(H2,39,57)(H,40,47)(H,41,52)(H,42,54)(H,43,53)(H,48,49)(H,50,51)/t22-,25+,26+,27-,28-,31-,32-/m0/s1. The molecular weight excluding hydrogens is 776 g/mol. The number of benzene rings is 1. The third kappa shape index (κ3) is 15.1. The van der Waals surface area contributed by atoms with Gasteiger partial charge in [0, 0.05) is 32.9 Å². The molecule has 1 aromatic rings. The minimum Gasteiger partial charge on any atom is -0.481 e. The summed E-state index contributed by atoms with van der Waals surface area (Å²) in [6, 6.07) is 0.539. The van der Waals surface area contributed by atoms with Gasteiger partial charge in [-0.2, -0.15) is 0 Å². The summed E-state index contributed by atoms with van der Waals surface area (Å²) in [7, 11) is 0. The molecule has 328 valence electrons. The molecule has 1 aliphatic heterocycles. The quantitative estimate of drug-likeness (QED) is 0.0569. The summed E-state index contributed by atoms with van der Waals surface area (Å²) in [5, 5.41) is 37.8. The number of aliphatic carboxylic acids is 2. The van der Waals surface area contributed by atoms with E-state index in [9.17, 15) is 58.6 Å². The number of primary amides is 1. The second-order valence-electron chi connectivity index (χ2n) is 14.7. The first-order chi connectivity index (χ1) is 27.7.